The standard InChI is InChI=1S/C15H15N3/c1-11-9-13(10-18-8-7-16-12(18)2)14-5-3-4-6-15(14)17-11/h3-9H,10H2,1-2H3. The molecule has 0 radical (unpaired) electrons. The van der Waals surface area contributed by atoms with Gasteiger partial charge in [0.2, 0.25) is 0 Å². The Hall–Kier alpha value is -2.16. The van der Waals surface area contributed by atoms with Gasteiger partial charge >= 0.3 is 0 Å². The molecule has 90 valence electrons. The fraction of sp³-hybridized carbons (Fsp3) is 0.200. The summed E-state index contributed by atoms with van der Waals surface area (Å²) in [4.78, 5) is 8.83. The highest BCUT2D eigenvalue weighted by atomic mass is 15.0. The Labute approximate surface area is 106 Å². The van der Waals surface area contributed by atoms with Gasteiger partial charge in [-0.05, 0) is 31.5 Å². The van der Waals surface area contributed by atoms with E-state index in [1.807, 2.05) is 32.3 Å². The third kappa shape index (κ3) is 1.88. The average molecular weight is 237 g/mol. The predicted octanol–water partition coefficient (Wildman–Crippen LogP) is 3.10. The summed E-state index contributed by atoms with van der Waals surface area (Å²) in [5, 5.41) is 1.22. The van der Waals surface area contributed by atoms with Crippen molar-refractivity contribution in [3.8, 4) is 0 Å². The molecule has 0 spiro atoms. The first-order valence-corrected chi connectivity index (χ1v) is 6.07. The molecule has 0 N–H and O–H groups in total. The highest BCUT2D eigenvalue weighted by Crippen LogP contribution is 2.19. The fourth-order valence-corrected chi connectivity index (χ4v) is 2.28. The molecule has 0 amide bonds. The van der Waals surface area contributed by atoms with Crippen molar-refractivity contribution in [1.82, 2.24) is 14.5 Å². The first kappa shape index (κ1) is 11.0. The molecular weight excluding hydrogens is 222 g/mol. The highest BCUT2D eigenvalue weighted by molar-refractivity contribution is 5.82. The van der Waals surface area contributed by atoms with Crippen LogP contribution in [0.2, 0.25) is 0 Å². The van der Waals surface area contributed by atoms with E-state index < -0.39 is 0 Å². The van der Waals surface area contributed by atoms with E-state index in [4.69, 9.17) is 0 Å². The lowest BCUT2D eigenvalue weighted by Gasteiger charge is -2.09. The van der Waals surface area contributed by atoms with Gasteiger partial charge in [0.1, 0.15) is 5.82 Å². The molecule has 18 heavy (non-hydrogen) atoms. The van der Waals surface area contributed by atoms with Crippen LogP contribution in [-0.4, -0.2) is 14.5 Å². The molecule has 3 rings (SSSR count). The molecule has 0 saturated heterocycles. The van der Waals surface area contributed by atoms with Crippen molar-refractivity contribution in [3.05, 3.63) is 59.8 Å². The number of rotatable bonds is 2. The van der Waals surface area contributed by atoms with Crippen molar-refractivity contribution in [2.24, 2.45) is 0 Å². The van der Waals surface area contributed by atoms with Gasteiger partial charge in [0, 0.05) is 30.0 Å². The van der Waals surface area contributed by atoms with Crippen LogP contribution in [0.4, 0.5) is 0 Å². The van der Waals surface area contributed by atoms with E-state index in [1.54, 1.807) is 0 Å². The van der Waals surface area contributed by atoms with Crippen molar-refractivity contribution in [2.75, 3.05) is 0 Å². The van der Waals surface area contributed by atoms with E-state index in [1.165, 1.54) is 10.9 Å². The highest BCUT2D eigenvalue weighted by Gasteiger charge is 2.05. The van der Waals surface area contributed by atoms with Crippen LogP contribution in [0.15, 0.2) is 42.7 Å². The Morgan fingerprint density at radius 3 is 2.78 bits per heavy atom. The third-order valence-corrected chi connectivity index (χ3v) is 3.19. The van der Waals surface area contributed by atoms with Crippen LogP contribution in [0.3, 0.4) is 0 Å². The summed E-state index contributed by atoms with van der Waals surface area (Å²) in [6.07, 6.45) is 3.85. The van der Waals surface area contributed by atoms with Crippen LogP contribution in [0.1, 0.15) is 17.1 Å². The van der Waals surface area contributed by atoms with Crippen molar-refractivity contribution in [3.63, 3.8) is 0 Å². The molecular formula is C15H15N3. The van der Waals surface area contributed by atoms with Crippen LogP contribution in [0, 0.1) is 13.8 Å². The minimum absolute atomic E-state index is 0.843. The summed E-state index contributed by atoms with van der Waals surface area (Å²) >= 11 is 0. The molecule has 1 aromatic carbocycles. The monoisotopic (exact) mass is 237 g/mol. The summed E-state index contributed by atoms with van der Waals surface area (Å²) < 4.78 is 2.15. The molecule has 3 heteroatoms. The smallest absolute Gasteiger partial charge is 0.105 e. The number of para-hydroxylation sites is 1. The maximum Gasteiger partial charge on any atom is 0.105 e. The molecule has 0 atom stereocenters. The number of hydrogen-bond donors (Lipinski definition) is 0. The molecule has 0 unspecified atom stereocenters. The number of nitrogens with zero attached hydrogens (tertiary/aromatic N) is 3. The van der Waals surface area contributed by atoms with E-state index in [0.29, 0.717) is 0 Å². The first-order valence-electron chi connectivity index (χ1n) is 6.07. The van der Waals surface area contributed by atoms with Gasteiger partial charge < -0.3 is 4.57 Å². The minimum Gasteiger partial charge on any atom is -0.331 e. The van der Waals surface area contributed by atoms with Gasteiger partial charge in [-0.15, -0.1) is 0 Å². The normalized spacial score (nSPS) is 11.0. The SMILES string of the molecule is Cc1cc(Cn2ccnc2C)c2ccccc2n1. The lowest BCUT2D eigenvalue weighted by molar-refractivity contribution is 0.764. The van der Waals surface area contributed by atoms with Gasteiger partial charge in [0.25, 0.3) is 0 Å². The van der Waals surface area contributed by atoms with Gasteiger partial charge in [0.15, 0.2) is 0 Å². The summed E-state index contributed by atoms with van der Waals surface area (Å²) in [5.41, 5.74) is 3.41. The lowest BCUT2D eigenvalue weighted by atomic mass is 10.1. The van der Waals surface area contributed by atoms with Crippen LogP contribution in [0.5, 0.6) is 0 Å². The number of aryl methyl sites for hydroxylation is 2. The van der Waals surface area contributed by atoms with Crippen molar-refractivity contribution in [2.45, 2.75) is 20.4 Å². The lowest BCUT2D eigenvalue weighted by Crippen LogP contribution is -2.02. The molecule has 3 nitrogen and oxygen atoms in total. The number of pyridine rings is 1. The van der Waals surface area contributed by atoms with Crippen LogP contribution in [0.25, 0.3) is 10.9 Å². The molecule has 0 saturated carbocycles. The maximum atomic E-state index is 4.56. The topological polar surface area (TPSA) is 30.7 Å². The summed E-state index contributed by atoms with van der Waals surface area (Å²) in [6, 6.07) is 10.4. The van der Waals surface area contributed by atoms with E-state index in [9.17, 15) is 0 Å². The maximum absolute atomic E-state index is 4.56. The second-order valence-corrected chi connectivity index (χ2v) is 4.54. The molecule has 0 bridgehead atoms. The summed E-state index contributed by atoms with van der Waals surface area (Å²) in [7, 11) is 0. The van der Waals surface area contributed by atoms with Gasteiger partial charge in [-0.25, -0.2) is 4.98 Å². The van der Waals surface area contributed by atoms with Crippen molar-refractivity contribution < 1.29 is 0 Å². The van der Waals surface area contributed by atoms with Crippen molar-refractivity contribution >= 4 is 10.9 Å². The number of fused-ring (bicyclic) bond motifs is 1. The third-order valence-electron chi connectivity index (χ3n) is 3.19. The number of benzene rings is 1. The summed E-state index contributed by atoms with van der Waals surface area (Å²) in [5.74, 6) is 1.04. The largest absolute Gasteiger partial charge is 0.331 e. The van der Waals surface area contributed by atoms with Gasteiger partial charge in [0.05, 0.1) is 5.52 Å². The molecule has 3 aromatic rings. The minimum atomic E-state index is 0.843. The Balaban J connectivity index is 2.14. The number of imidazole rings is 1. The Morgan fingerprint density at radius 2 is 2.00 bits per heavy atom. The number of aromatic nitrogens is 3. The van der Waals surface area contributed by atoms with E-state index in [2.05, 4.69) is 38.8 Å². The Morgan fingerprint density at radius 1 is 1.17 bits per heavy atom. The fourth-order valence-electron chi connectivity index (χ4n) is 2.28. The van der Waals surface area contributed by atoms with E-state index in [-0.39, 0.29) is 0 Å². The molecule has 0 fully saturated rings. The van der Waals surface area contributed by atoms with Gasteiger partial charge in [-0.1, -0.05) is 18.2 Å². The predicted molar refractivity (Wildman–Crippen MR) is 72.5 cm³/mol. The second-order valence-electron chi connectivity index (χ2n) is 4.54. The zero-order valence-corrected chi connectivity index (χ0v) is 10.6. The molecule has 0 aliphatic heterocycles. The summed E-state index contributed by atoms with van der Waals surface area (Å²) in [6.45, 7) is 4.91. The molecule has 2 aromatic heterocycles. The first-order chi connectivity index (χ1) is 8.74. The van der Waals surface area contributed by atoms with E-state index >= 15 is 0 Å². The zero-order chi connectivity index (χ0) is 12.5. The van der Waals surface area contributed by atoms with E-state index in [0.717, 1.165) is 23.6 Å². The Bertz CT molecular complexity index is 698. The molecule has 2 heterocycles. The number of hydrogen-bond acceptors (Lipinski definition) is 2. The van der Waals surface area contributed by atoms with Crippen LogP contribution < -0.4 is 0 Å². The second kappa shape index (κ2) is 4.26. The average Bonchev–Trinajstić information content (AvgIpc) is 2.75. The van der Waals surface area contributed by atoms with Crippen molar-refractivity contribution in [1.29, 1.82) is 0 Å². The Kier molecular flexibility index (Phi) is 2.59. The van der Waals surface area contributed by atoms with Crippen LogP contribution >= 0.6 is 0 Å². The van der Waals surface area contributed by atoms with Gasteiger partial charge in [-0.2, -0.15) is 0 Å². The quantitative estimate of drug-likeness (QED) is 0.685. The van der Waals surface area contributed by atoms with Crippen LogP contribution in [-0.2, 0) is 6.54 Å². The molecule has 0 aliphatic rings. The van der Waals surface area contributed by atoms with Gasteiger partial charge in [-0.3, -0.25) is 4.98 Å². The zero-order valence-electron chi connectivity index (χ0n) is 10.6. The molecule has 0 aliphatic carbocycles.